The molecule has 1 aromatic heterocycles. The number of hydrogen-bond donors (Lipinski definition) is 1. The predicted molar refractivity (Wildman–Crippen MR) is 110 cm³/mol. The van der Waals surface area contributed by atoms with Gasteiger partial charge in [-0.15, -0.1) is 0 Å². The lowest BCUT2D eigenvalue weighted by atomic mass is 10.00. The number of aromatic nitrogens is 2. The second-order valence-corrected chi connectivity index (χ2v) is 6.86. The van der Waals surface area contributed by atoms with Gasteiger partial charge in [-0.05, 0) is 46.2 Å². The molecule has 0 radical (unpaired) electrons. The average Bonchev–Trinajstić information content (AvgIpc) is 3.26. The SMILES string of the molecule is CN(C)C(=O)c1ccc(COc2cc(-c3cn[nH]c3)c3ccccc3c2)cc1. The number of ether oxygens (including phenoxy) is 1. The Hall–Kier alpha value is -3.60. The maximum Gasteiger partial charge on any atom is 0.253 e. The van der Waals surface area contributed by atoms with E-state index in [0.717, 1.165) is 33.2 Å². The predicted octanol–water partition coefficient (Wildman–Crippen LogP) is 4.51. The number of H-pyrrole nitrogens is 1. The molecule has 0 aliphatic carbocycles. The average molecular weight is 371 g/mol. The van der Waals surface area contributed by atoms with Gasteiger partial charge in [-0.3, -0.25) is 9.89 Å². The fraction of sp³-hybridized carbons (Fsp3) is 0.130. The number of aromatic amines is 1. The van der Waals surface area contributed by atoms with Gasteiger partial charge in [-0.25, -0.2) is 0 Å². The summed E-state index contributed by atoms with van der Waals surface area (Å²) in [4.78, 5) is 13.6. The van der Waals surface area contributed by atoms with Crippen molar-refractivity contribution in [3.05, 3.63) is 84.2 Å². The summed E-state index contributed by atoms with van der Waals surface area (Å²) in [6, 6.07) is 19.8. The molecule has 1 heterocycles. The van der Waals surface area contributed by atoms with Crippen molar-refractivity contribution in [1.29, 1.82) is 0 Å². The van der Waals surface area contributed by atoms with Crippen LogP contribution in [0.1, 0.15) is 15.9 Å². The highest BCUT2D eigenvalue weighted by Gasteiger charge is 2.10. The molecule has 0 bridgehead atoms. The topological polar surface area (TPSA) is 58.2 Å². The zero-order valence-corrected chi connectivity index (χ0v) is 15.8. The van der Waals surface area contributed by atoms with Crippen LogP contribution in [0.2, 0.25) is 0 Å². The van der Waals surface area contributed by atoms with Crippen molar-refractivity contribution < 1.29 is 9.53 Å². The van der Waals surface area contributed by atoms with Crippen molar-refractivity contribution in [1.82, 2.24) is 15.1 Å². The number of rotatable bonds is 5. The second-order valence-electron chi connectivity index (χ2n) is 6.86. The number of amides is 1. The Morgan fingerprint density at radius 3 is 2.57 bits per heavy atom. The molecule has 0 fully saturated rings. The van der Waals surface area contributed by atoms with Crippen LogP contribution >= 0.6 is 0 Å². The van der Waals surface area contributed by atoms with Gasteiger partial charge >= 0.3 is 0 Å². The van der Waals surface area contributed by atoms with E-state index in [2.05, 4.69) is 22.3 Å². The first-order valence-electron chi connectivity index (χ1n) is 9.07. The molecule has 5 heteroatoms. The first-order chi connectivity index (χ1) is 13.6. The summed E-state index contributed by atoms with van der Waals surface area (Å²) in [7, 11) is 3.49. The van der Waals surface area contributed by atoms with Crippen LogP contribution in [0.15, 0.2) is 73.1 Å². The van der Waals surface area contributed by atoms with Gasteiger partial charge in [0.1, 0.15) is 12.4 Å². The molecule has 1 amide bonds. The van der Waals surface area contributed by atoms with Gasteiger partial charge in [-0.1, -0.05) is 36.4 Å². The number of nitrogens with zero attached hydrogens (tertiary/aromatic N) is 2. The summed E-state index contributed by atoms with van der Waals surface area (Å²) in [5.41, 5.74) is 3.78. The first kappa shape index (κ1) is 17.8. The minimum Gasteiger partial charge on any atom is -0.489 e. The largest absolute Gasteiger partial charge is 0.489 e. The number of benzene rings is 3. The Bertz CT molecular complexity index is 1100. The third-order valence-corrected chi connectivity index (χ3v) is 4.66. The third kappa shape index (κ3) is 3.60. The van der Waals surface area contributed by atoms with E-state index in [1.54, 1.807) is 19.0 Å². The van der Waals surface area contributed by atoms with E-state index in [9.17, 15) is 4.79 Å². The Labute approximate surface area is 163 Å². The van der Waals surface area contributed by atoms with Gasteiger partial charge in [0.2, 0.25) is 0 Å². The van der Waals surface area contributed by atoms with Crippen LogP contribution in [-0.2, 0) is 6.61 Å². The fourth-order valence-electron chi connectivity index (χ4n) is 3.17. The van der Waals surface area contributed by atoms with Crippen molar-refractivity contribution in [3.8, 4) is 16.9 Å². The normalized spacial score (nSPS) is 10.8. The van der Waals surface area contributed by atoms with Gasteiger partial charge in [-0.2, -0.15) is 5.10 Å². The van der Waals surface area contributed by atoms with Gasteiger partial charge in [0.15, 0.2) is 0 Å². The van der Waals surface area contributed by atoms with Crippen LogP contribution in [-0.4, -0.2) is 35.1 Å². The van der Waals surface area contributed by atoms with Crippen molar-refractivity contribution in [2.45, 2.75) is 6.61 Å². The molecule has 0 aliphatic rings. The Morgan fingerprint density at radius 1 is 1.07 bits per heavy atom. The highest BCUT2D eigenvalue weighted by Crippen LogP contribution is 2.32. The number of nitrogens with one attached hydrogen (secondary N) is 1. The van der Waals surface area contributed by atoms with Crippen LogP contribution in [0.25, 0.3) is 21.9 Å². The summed E-state index contributed by atoms with van der Waals surface area (Å²) in [5.74, 6) is 0.787. The monoisotopic (exact) mass is 371 g/mol. The molecule has 0 spiro atoms. The minimum absolute atomic E-state index is 0.00764. The van der Waals surface area contributed by atoms with Crippen LogP contribution in [0, 0.1) is 0 Å². The highest BCUT2D eigenvalue weighted by molar-refractivity contribution is 5.97. The molecular weight excluding hydrogens is 350 g/mol. The maximum absolute atomic E-state index is 12.0. The lowest BCUT2D eigenvalue weighted by Gasteiger charge is -2.12. The fourth-order valence-corrected chi connectivity index (χ4v) is 3.17. The molecular formula is C23H21N3O2. The molecule has 3 aromatic carbocycles. The molecule has 0 saturated carbocycles. The van der Waals surface area contributed by atoms with E-state index in [1.165, 1.54) is 0 Å². The van der Waals surface area contributed by atoms with E-state index in [-0.39, 0.29) is 5.91 Å². The molecule has 5 nitrogen and oxygen atoms in total. The van der Waals surface area contributed by atoms with Crippen LogP contribution in [0.3, 0.4) is 0 Å². The number of hydrogen-bond acceptors (Lipinski definition) is 3. The maximum atomic E-state index is 12.0. The molecule has 4 rings (SSSR count). The summed E-state index contributed by atoms with van der Waals surface area (Å²) in [6.45, 7) is 0.430. The molecule has 0 aliphatic heterocycles. The molecule has 1 N–H and O–H groups in total. The summed E-state index contributed by atoms with van der Waals surface area (Å²) >= 11 is 0. The molecule has 0 unspecified atom stereocenters. The zero-order valence-electron chi connectivity index (χ0n) is 15.8. The Morgan fingerprint density at radius 2 is 1.86 bits per heavy atom. The van der Waals surface area contributed by atoms with E-state index >= 15 is 0 Å². The summed E-state index contributed by atoms with van der Waals surface area (Å²) < 4.78 is 6.06. The number of fused-ring (bicyclic) bond motifs is 1. The Balaban J connectivity index is 1.58. The first-order valence-corrected chi connectivity index (χ1v) is 9.07. The molecule has 140 valence electrons. The van der Waals surface area contributed by atoms with E-state index in [1.807, 2.05) is 60.9 Å². The quantitative estimate of drug-likeness (QED) is 0.561. The van der Waals surface area contributed by atoms with E-state index < -0.39 is 0 Å². The van der Waals surface area contributed by atoms with Crippen molar-refractivity contribution in [2.75, 3.05) is 14.1 Å². The molecule has 28 heavy (non-hydrogen) atoms. The van der Waals surface area contributed by atoms with E-state index in [4.69, 9.17) is 4.74 Å². The van der Waals surface area contributed by atoms with Gasteiger partial charge < -0.3 is 9.64 Å². The second kappa shape index (κ2) is 7.56. The highest BCUT2D eigenvalue weighted by atomic mass is 16.5. The standard InChI is InChI=1S/C23H21N3O2/c1-26(2)23(27)17-9-7-16(8-10-17)15-28-20-11-18-5-3-4-6-21(18)22(12-20)19-13-24-25-14-19/h3-14H,15H2,1-2H3,(H,24,25). The third-order valence-electron chi connectivity index (χ3n) is 4.66. The summed E-state index contributed by atoms with van der Waals surface area (Å²) in [5, 5.41) is 9.21. The van der Waals surface area contributed by atoms with Crippen LogP contribution < -0.4 is 4.74 Å². The summed E-state index contributed by atoms with van der Waals surface area (Å²) in [6.07, 6.45) is 3.69. The zero-order chi connectivity index (χ0) is 19.5. The number of carbonyl (C=O) groups is 1. The Kier molecular flexibility index (Phi) is 4.81. The molecule has 0 saturated heterocycles. The smallest absolute Gasteiger partial charge is 0.253 e. The lowest BCUT2D eigenvalue weighted by molar-refractivity contribution is 0.0827. The number of carbonyl (C=O) groups excluding carboxylic acids is 1. The molecule has 0 atom stereocenters. The van der Waals surface area contributed by atoms with Crippen LogP contribution in [0.5, 0.6) is 5.75 Å². The van der Waals surface area contributed by atoms with E-state index in [0.29, 0.717) is 12.2 Å². The van der Waals surface area contributed by atoms with Gasteiger partial charge in [0.05, 0.1) is 6.20 Å². The van der Waals surface area contributed by atoms with Crippen molar-refractivity contribution in [2.24, 2.45) is 0 Å². The minimum atomic E-state index is -0.00764. The van der Waals surface area contributed by atoms with Crippen molar-refractivity contribution >= 4 is 16.7 Å². The van der Waals surface area contributed by atoms with Crippen molar-refractivity contribution in [3.63, 3.8) is 0 Å². The van der Waals surface area contributed by atoms with Crippen LogP contribution in [0.4, 0.5) is 0 Å². The van der Waals surface area contributed by atoms with Gasteiger partial charge in [0.25, 0.3) is 5.91 Å². The molecule has 4 aromatic rings. The van der Waals surface area contributed by atoms with Gasteiger partial charge in [0, 0.05) is 31.4 Å². The lowest BCUT2D eigenvalue weighted by Crippen LogP contribution is -2.21.